The molecule has 1 heterocycles. The van der Waals surface area contributed by atoms with Crippen LogP contribution in [0.1, 0.15) is 23.8 Å². The zero-order valence-electron chi connectivity index (χ0n) is 14.6. The molecular weight excluding hydrogens is 364 g/mol. The molecule has 0 fully saturated rings. The minimum atomic E-state index is 0.599. The van der Waals surface area contributed by atoms with Crippen molar-refractivity contribution in [2.45, 2.75) is 26.4 Å². The second kappa shape index (κ2) is 8.88. The Morgan fingerprint density at radius 3 is 2.31 bits per heavy atom. The molecule has 1 N–H and O–H groups in total. The van der Waals surface area contributed by atoms with E-state index in [9.17, 15) is 0 Å². The van der Waals surface area contributed by atoms with Crippen LogP contribution in [-0.2, 0) is 19.5 Å². The smallest absolute Gasteiger partial charge is 0.174 e. The van der Waals surface area contributed by atoms with Gasteiger partial charge in [-0.15, -0.1) is 0 Å². The Bertz CT molecular complexity index is 829. The zero-order chi connectivity index (χ0) is 18.4. The SMILES string of the molecule is CCc1ccc(CN(Cc2ccco2)C(=S)Nc2ccc(Cl)cc2)cc1. The minimum Gasteiger partial charge on any atom is -0.467 e. The summed E-state index contributed by atoms with van der Waals surface area (Å²) in [5.41, 5.74) is 3.44. The average Bonchev–Trinajstić information content (AvgIpc) is 3.17. The molecule has 0 aliphatic carbocycles. The topological polar surface area (TPSA) is 28.4 Å². The van der Waals surface area contributed by atoms with Crippen molar-refractivity contribution in [3.05, 3.63) is 88.8 Å². The number of aryl methyl sites for hydroxylation is 1. The average molecular weight is 385 g/mol. The maximum absolute atomic E-state index is 5.95. The number of halogens is 1. The van der Waals surface area contributed by atoms with E-state index in [4.69, 9.17) is 28.2 Å². The van der Waals surface area contributed by atoms with Gasteiger partial charge in [-0.05, 0) is 66.2 Å². The maximum Gasteiger partial charge on any atom is 0.174 e. The fraction of sp³-hybridized carbons (Fsp3) is 0.190. The summed E-state index contributed by atoms with van der Waals surface area (Å²) in [7, 11) is 0. The molecular formula is C21H21ClN2OS. The fourth-order valence-electron chi connectivity index (χ4n) is 2.63. The maximum atomic E-state index is 5.95. The monoisotopic (exact) mass is 384 g/mol. The van der Waals surface area contributed by atoms with Gasteiger partial charge in [-0.1, -0.05) is 42.8 Å². The number of benzene rings is 2. The molecule has 0 bridgehead atoms. The van der Waals surface area contributed by atoms with Crippen LogP contribution >= 0.6 is 23.8 Å². The van der Waals surface area contributed by atoms with E-state index in [0.29, 0.717) is 23.2 Å². The molecule has 5 heteroatoms. The van der Waals surface area contributed by atoms with Gasteiger partial charge in [0.05, 0.1) is 12.8 Å². The first-order chi connectivity index (χ1) is 12.6. The molecule has 0 saturated heterocycles. The molecule has 0 spiro atoms. The van der Waals surface area contributed by atoms with E-state index in [1.807, 2.05) is 36.4 Å². The fourth-order valence-corrected chi connectivity index (χ4v) is 3.00. The number of nitrogens with zero attached hydrogens (tertiary/aromatic N) is 1. The molecule has 0 atom stereocenters. The second-order valence-corrected chi connectivity index (χ2v) is 6.87. The lowest BCUT2D eigenvalue weighted by Crippen LogP contribution is -2.33. The van der Waals surface area contributed by atoms with E-state index in [0.717, 1.165) is 17.9 Å². The molecule has 3 aromatic rings. The van der Waals surface area contributed by atoms with Crippen LogP contribution in [0.2, 0.25) is 5.02 Å². The number of anilines is 1. The quantitative estimate of drug-likeness (QED) is 0.536. The Balaban J connectivity index is 1.74. The van der Waals surface area contributed by atoms with Gasteiger partial charge in [0, 0.05) is 17.3 Å². The Labute approximate surface area is 164 Å². The lowest BCUT2D eigenvalue weighted by molar-refractivity contribution is 0.360. The molecule has 0 saturated carbocycles. The van der Waals surface area contributed by atoms with E-state index < -0.39 is 0 Å². The molecule has 3 nitrogen and oxygen atoms in total. The van der Waals surface area contributed by atoms with Crippen molar-refractivity contribution in [2.24, 2.45) is 0 Å². The lowest BCUT2D eigenvalue weighted by atomic mass is 10.1. The lowest BCUT2D eigenvalue weighted by Gasteiger charge is -2.25. The largest absolute Gasteiger partial charge is 0.467 e. The Morgan fingerprint density at radius 2 is 1.69 bits per heavy atom. The zero-order valence-corrected chi connectivity index (χ0v) is 16.2. The van der Waals surface area contributed by atoms with Crippen LogP contribution in [0.15, 0.2) is 71.3 Å². The number of rotatable bonds is 6. The van der Waals surface area contributed by atoms with Crippen LogP contribution in [-0.4, -0.2) is 10.0 Å². The van der Waals surface area contributed by atoms with E-state index in [-0.39, 0.29) is 0 Å². The van der Waals surface area contributed by atoms with Gasteiger partial charge < -0.3 is 14.6 Å². The van der Waals surface area contributed by atoms with E-state index >= 15 is 0 Å². The van der Waals surface area contributed by atoms with Crippen molar-refractivity contribution >= 4 is 34.6 Å². The van der Waals surface area contributed by atoms with E-state index in [1.165, 1.54) is 11.1 Å². The third kappa shape index (κ3) is 5.10. The number of thiocarbonyl (C=S) groups is 1. The molecule has 3 rings (SSSR count). The van der Waals surface area contributed by atoms with Gasteiger partial charge >= 0.3 is 0 Å². The molecule has 0 amide bonds. The minimum absolute atomic E-state index is 0.599. The highest BCUT2D eigenvalue weighted by molar-refractivity contribution is 7.80. The van der Waals surface area contributed by atoms with Gasteiger partial charge in [0.2, 0.25) is 0 Å². The summed E-state index contributed by atoms with van der Waals surface area (Å²) in [6, 6.07) is 20.0. The van der Waals surface area contributed by atoms with Crippen LogP contribution in [0.25, 0.3) is 0 Å². The summed E-state index contributed by atoms with van der Waals surface area (Å²) in [6.07, 6.45) is 2.71. The summed E-state index contributed by atoms with van der Waals surface area (Å²) < 4.78 is 5.51. The van der Waals surface area contributed by atoms with Gasteiger partial charge in [0.25, 0.3) is 0 Å². The Hall–Kier alpha value is -2.30. The molecule has 26 heavy (non-hydrogen) atoms. The second-order valence-electron chi connectivity index (χ2n) is 6.04. The van der Waals surface area contributed by atoms with Crippen molar-refractivity contribution in [2.75, 3.05) is 5.32 Å². The standard InChI is InChI=1S/C21H21ClN2OS/c1-2-16-5-7-17(8-6-16)14-24(15-20-4-3-13-25-20)21(26)23-19-11-9-18(22)10-12-19/h3-13H,2,14-15H2,1H3,(H,23,26). The molecule has 0 unspecified atom stereocenters. The molecule has 2 aromatic carbocycles. The van der Waals surface area contributed by atoms with Crippen LogP contribution in [0, 0.1) is 0 Å². The van der Waals surface area contributed by atoms with Crippen LogP contribution in [0.5, 0.6) is 0 Å². The first-order valence-corrected chi connectivity index (χ1v) is 9.34. The summed E-state index contributed by atoms with van der Waals surface area (Å²) >= 11 is 11.6. The first kappa shape index (κ1) is 18.5. The predicted molar refractivity (Wildman–Crippen MR) is 111 cm³/mol. The summed E-state index contributed by atoms with van der Waals surface area (Å²) in [5, 5.41) is 4.62. The van der Waals surface area contributed by atoms with Gasteiger partial charge in [-0.3, -0.25) is 0 Å². The number of hydrogen-bond donors (Lipinski definition) is 1. The van der Waals surface area contributed by atoms with Gasteiger partial charge in [0.15, 0.2) is 5.11 Å². The summed E-state index contributed by atoms with van der Waals surface area (Å²) in [4.78, 5) is 2.09. The van der Waals surface area contributed by atoms with E-state index in [1.54, 1.807) is 6.26 Å². The van der Waals surface area contributed by atoms with Crippen molar-refractivity contribution in [3.63, 3.8) is 0 Å². The summed E-state index contributed by atoms with van der Waals surface area (Å²) in [5.74, 6) is 0.871. The third-order valence-corrected chi connectivity index (χ3v) is 4.73. The number of hydrogen-bond acceptors (Lipinski definition) is 2. The van der Waals surface area contributed by atoms with Crippen molar-refractivity contribution < 1.29 is 4.42 Å². The van der Waals surface area contributed by atoms with Crippen molar-refractivity contribution in [3.8, 4) is 0 Å². The predicted octanol–water partition coefficient (Wildman–Crippen LogP) is 5.89. The highest BCUT2D eigenvalue weighted by Gasteiger charge is 2.13. The van der Waals surface area contributed by atoms with Gasteiger partial charge in [-0.25, -0.2) is 0 Å². The highest BCUT2D eigenvalue weighted by atomic mass is 35.5. The van der Waals surface area contributed by atoms with Crippen LogP contribution in [0.3, 0.4) is 0 Å². The molecule has 0 radical (unpaired) electrons. The van der Waals surface area contributed by atoms with Crippen molar-refractivity contribution in [1.29, 1.82) is 0 Å². The molecule has 0 aliphatic heterocycles. The molecule has 0 aliphatic rings. The normalized spacial score (nSPS) is 10.5. The van der Waals surface area contributed by atoms with Crippen LogP contribution < -0.4 is 5.32 Å². The molecule has 1 aromatic heterocycles. The number of nitrogens with one attached hydrogen (secondary N) is 1. The molecule has 134 valence electrons. The number of furan rings is 1. The van der Waals surface area contributed by atoms with Gasteiger partial charge in [-0.2, -0.15) is 0 Å². The van der Waals surface area contributed by atoms with Crippen LogP contribution in [0.4, 0.5) is 5.69 Å². The van der Waals surface area contributed by atoms with Crippen molar-refractivity contribution in [1.82, 2.24) is 4.90 Å². The van der Waals surface area contributed by atoms with Gasteiger partial charge in [0.1, 0.15) is 5.76 Å². The Morgan fingerprint density at radius 1 is 1.00 bits per heavy atom. The Kier molecular flexibility index (Phi) is 6.31. The summed E-state index contributed by atoms with van der Waals surface area (Å²) in [6.45, 7) is 3.45. The highest BCUT2D eigenvalue weighted by Crippen LogP contribution is 2.17. The third-order valence-electron chi connectivity index (χ3n) is 4.11. The van der Waals surface area contributed by atoms with E-state index in [2.05, 4.69) is 41.4 Å². The first-order valence-electron chi connectivity index (χ1n) is 8.55.